The van der Waals surface area contributed by atoms with Crippen LogP contribution in [0.1, 0.15) is 25.3 Å². The molecule has 0 heterocycles. The van der Waals surface area contributed by atoms with Gasteiger partial charge in [-0.25, -0.2) is 4.39 Å². The molecule has 0 aromatic heterocycles. The minimum Gasteiger partial charge on any atom is -0.352 e. The van der Waals surface area contributed by atoms with Crippen molar-refractivity contribution in [2.45, 2.75) is 26.3 Å². The number of guanidine groups is 1. The Morgan fingerprint density at radius 3 is 2.72 bits per heavy atom. The first-order valence-corrected chi connectivity index (χ1v) is 6.34. The number of unbranched alkanes of at least 4 members (excludes halogenated alkanes) is 1. The second-order valence-corrected chi connectivity index (χ2v) is 4.27. The largest absolute Gasteiger partial charge is 0.352 e. The molecule has 0 atom stereocenters. The predicted octanol–water partition coefficient (Wildman–Crippen LogP) is 2.63. The van der Waals surface area contributed by atoms with Gasteiger partial charge in [0.25, 0.3) is 0 Å². The third-order valence-electron chi connectivity index (χ3n) is 2.82. The molecular formula is C14H22FN3. The van der Waals surface area contributed by atoms with E-state index in [0.29, 0.717) is 12.1 Å². The maximum Gasteiger partial charge on any atom is 0.193 e. The van der Waals surface area contributed by atoms with Gasteiger partial charge in [0.05, 0.1) is 0 Å². The van der Waals surface area contributed by atoms with Crippen LogP contribution >= 0.6 is 0 Å². The van der Waals surface area contributed by atoms with E-state index < -0.39 is 0 Å². The number of aliphatic imine (C=N–C) groups is 1. The van der Waals surface area contributed by atoms with Gasteiger partial charge in [-0.2, -0.15) is 0 Å². The van der Waals surface area contributed by atoms with Crippen molar-refractivity contribution < 1.29 is 4.39 Å². The number of halogens is 1. The van der Waals surface area contributed by atoms with Gasteiger partial charge in [0.15, 0.2) is 5.96 Å². The standard InChI is InChI=1S/C14H22FN3/c1-4-5-10-18(3)14(16-2)17-11-12-8-6-7-9-13(12)15/h6-9H,4-5,10-11H2,1-3H3,(H,16,17). The van der Waals surface area contributed by atoms with Crippen molar-refractivity contribution in [2.24, 2.45) is 4.99 Å². The second-order valence-electron chi connectivity index (χ2n) is 4.27. The summed E-state index contributed by atoms with van der Waals surface area (Å²) in [7, 11) is 3.73. The van der Waals surface area contributed by atoms with Crippen LogP contribution in [-0.2, 0) is 6.54 Å². The molecule has 0 radical (unpaired) electrons. The van der Waals surface area contributed by atoms with E-state index in [0.717, 1.165) is 25.3 Å². The van der Waals surface area contributed by atoms with Gasteiger partial charge in [-0.3, -0.25) is 4.99 Å². The molecule has 0 unspecified atom stereocenters. The summed E-state index contributed by atoms with van der Waals surface area (Å²) < 4.78 is 13.5. The van der Waals surface area contributed by atoms with Crippen LogP contribution in [0.25, 0.3) is 0 Å². The third kappa shape index (κ3) is 4.35. The Balaban J connectivity index is 2.52. The van der Waals surface area contributed by atoms with E-state index in [-0.39, 0.29) is 5.82 Å². The Hall–Kier alpha value is -1.58. The van der Waals surface area contributed by atoms with Crippen LogP contribution in [0.5, 0.6) is 0 Å². The quantitative estimate of drug-likeness (QED) is 0.643. The SMILES string of the molecule is CCCCN(C)C(=NC)NCc1ccccc1F. The molecule has 0 aliphatic carbocycles. The highest BCUT2D eigenvalue weighted by atomic mass is 19.1. The zero-order valence-corrected chi connectivity index (χ0v) is 11.4. The number of hydrogen-bond acceptors (Lipinski definition) is 1. The first kappa shape index (κ1) is 14.5. The molecule has 4 heteroatoms. The van der Waals surface area contributed by atoms with E-state index >= 15 is 0 Å². The molecule has 1 aromatic carbocycles. The van der Waals surface area contributed by atoms with Gasteiger partial charge < -0.3 is 10.2 Å². The highest BCUT2D eigenvalue weighted by molar-refractivity contribution is 5.79. The fourth-order valence-corrected chi connectivity index (χ4v) is 1.70. The topological polar surface area (TPSA) is 27.6 Å². The Morgan fingerprint density at radius 1 is 1.39 bits per heavy atom. The van der Waals surface area contributed by atoms with Crippen LogP contribution in [0.15, 0.2) is 29.3 Å². The van der Waals surface area contributed by atoms with Crippen molar-refractivity contribution in [3.05, 3.63) is 35.6 Å². The van der Waals surface area contributed by atoms with Gasteiger partial charge in [-0.1, -0.05) is 31.5 Å². The lowest BCUT2D eigenvalue weighted by atomic mass is 10.2. The predicted molar refractivity (Wildman–Crippen MR) is 74.1 cm³/mol. The van der Waals surface area contributed by atoms with Gasteiger partial charge in [0, 0.05) is 32.7 Å². The fourth-order valence-electron chi connectivity index (χ4n) is 1.70. The lowest BCUT2D eigenvalue weighted by Crippen LogP contribution is -2.39. The maximum absolute atomic E-state index is 13.5. The number of benzene rings is 1. The highest BCUT2D eigenvalue weighted by Gasteiger charge is 2.06. The first-order valence-electron chi connectivity index (χ1n) is 6.34. The summed E-state index contributed by atoms with van der Waals surface area (Å²) in [5, 5.41) is 3.17. The summed E-state index contributed by atoms with van der Waals surface area (Å²) in [6, 6.07) is 6.78. The van der Waals surface area contributed by atoms with Gasteiger partial charge in [-0.05, 0) is 12.5 Å². The van der Waals surface area contributed by atoms with Crippen LogP contribution in [0.2, 0.25) is 0 Å². The summed E-state index contributed by atoms with van der Waals surface area (Å²) in [5.74, 6) is 0.614. The molecule has 18 heavy (non-hydrogen) atoms. The van der Waals surface area contributed by atoms with Crippen LogP contribution in [0.4, 0.5) is 4.39 Å². The summed E-state index contributed by atoms with van der Waals surface area (Å²) in [4.78, 5) is 6.25. The molecule has 0 fully saturated rings. The Labute approximate surface area is 109 Å². The molecule has 1 aromatic rings. The molecular weight excluding hydrogens is 229 g/mol. The number of nitrogens with one attached hydrogen (secondary N) is 1. The molecule has 100 valence electrons. The second kappa shape index (κ2) is 7.69. The van der Waals surface area contributed by atoms with E-state index in [1.807, 2.05) is 13.1 Å². The molecule has 1 N–H and O–H groups in total. The zero-order valence-electron chi connectivity index (χ0n) is 11.4. The summed E-state index contributed by atoms with van der Waals surface area (Å²) in [6.45, 7) is 3.56. The molecule has 0 spiro atoms. The minimum atomic E-state index is -0.184. The van der Waals surface area contributed by atoms with Crippen LogP contribution < -0.4 is 5.32 Å². The summed E-state index contributed by atoms with van der Waals surface area (Å²) in [6.07, 6.45) is 2.27. The molecule has 0 aliphatic heterocycles. The van der Waals surface area contributed by atoms with E-state index in [9.17, 15) is 4.39 Å². The van der Waals surface area contributed by atoms with Gasteiger partial charge in [0.2, 0.25) is 0 Å². The van der Waals surface area contributed by atoms with E-state index in [4.69, 9.17) is 0 Å². The molecule has 0 saturated carbocycles. The Morgan fingerprint density at radius 2 is 2.11 bits per heavy atom. The molecule has 0 saturated heterocycles. The third-order valence-corrected chi connectivity index (χ3v) is 2.82. The number of hydrogen-bond donors (Lipinski definition) is 1. The molecule has 0 aliphatic rings. The zero-order chi connectivity index (χ0) is 13.4. The van der Waals surface area contributed by atoms with Gasteiger partial charge in [0.1, 0.15) is 5.82 Å². The fraction of sp³-hybridized carbons (Fsp3) is 0.500. The monoisotopic (exact) mass is 251 g/mol. The molecule has 1 rings (SSSR count). The van der Waals surface area contributed by atoms with Crippen LogP contribution in [-0.4, -0.2) is 31.5 Å². The Bertz CT molecular complexity index is 390. The van der Waals surface area contributed by atoms with Gasteiger partial charge >= 0.3 is 0 Å². The van der Waals surface area contributed by atoms with Crippen molar-refractivity contribution in [3.63, 3.8) is 0 Å². The van der Waals surface area contributed by atoms with Gasteiger partial charge in [-0.15, -0.1) is 0 Å². The van der Waals surface area contributed by atoms with Crippen LogP contribution in [0.3, 0.4) is 0 Å². The smallest absolute Gasteiger partial charge is 0.193 e. The molecule has 0 amide bonds. The van der Waals surface area contributed by atoms with Crippen molar-refractivity contribution >= 4 is 5.96 Å². The van der Waals surface area contributed by atoms with Crippen molar-refractivity contribution in [3.8, 4) is 0 Å². The molecule has 3 nitrogen and oxygen atoms in total. The number of nitrogens with zero attached hydrogens (tertiary/aromatic N) is 2. The van der Waals surface area contributed by atoms with Crippen molar-refractivity contribution in [1.29, 1.82) is 0 Å². The minimum absolute atomic E-state index is 0.184. The maximum atomic E-state index is 13.5. The highest BCUT2D eigenvalue weighted by Crippen LogP contribution is 2.05. The summed E-state index contributed by atoms with van der Waals surface area (Å²) >= 11 is 0. The summed E-state index contributed by atoms with van der Waals surface area (Å²) in [5.41, 5.74) is 0.655. The van der Waals surface area contributed by atoms with E-state index in [1.165, 1.54) is 6.07 Å². The average Bonchev–Trinajstić information content (AvgIpc) is 2.39. The van der Waals surface area contributed by atoms with Crippen molar-refractivity contribution in [2.75, 3.05) is 20.6 Å². The lowest BCUT2D eigenvalue weighted by Gasteiger charge is -2.21. The normalized spacial score (nSPS) is 11.4. The first-order chi connectivity index (χ1) is 8.69. The lowest BCUT2D eigenvalue weighted by molar-refractivity contribution is 0.463. The average molecular weight is 251 g/mol. The molecule has 0 bridgehead atoms. The number of rotatable bonds is 5. The van der Waals surface area contributed by atoms with E-state index in [2.05, 4.69) is 22.1 Å². The van der Waals surface area contributed by atoms with E-state index in [1.54, 1.807) is 19.2 Å². The van der Waals surface area contributed by atoms with Crippen LogP contribution in [0, 0.1) is 5.82 Å². The Kier molecular flexibility index (Phi) is 6.19. The van der Waals surface area contributed by atoms with Crippen molar-refractivity contribution in [1.82, 2.24) is 10.2 Å².